The third-order valence-electron chi connectivity index (χ3n) is 7.16. The van der Waals surface area contributed by atoms with Crippen LogP contribution in [0.1, 0.15) is 25.3 Å². The lowest BCUT2D eigenvalue weighted by atomic mass is 10.0. The molecule has 6 rings (SSSR count). The Morgan fingerprint density at radius 2 is 1.81 bits per heavy atom. The van der Waals surface area contributed by atoms with Crippen molar-refractivity contribution in [1.29, 1.82) is 0 Å². The van der Waals surface area contributed by atoms with Crippen molar-refractivity contribution < 1.29 is 32.3 Å². The Hall–Kier alpha value is -4.81. The summed E-state index contributed by atoms with van der Waals surface area (Å²) in [5, 5.41) is 11.8. The first-order valence-electron chi connectivity index (χ1n) is 13.3. The Morgan fingerprint density at radius 3 is 2.50 bits per heavy atom. The highest BCUT2D eigenvalue weighted by molar-refractivity contribution is 5.82. The largest absolute Gasteiger partial charge is 0.573 e. The quantitative estimate of drug-likeness (QED) is 0.189. The van der Waals surface area contributed by atoms with Crippen molar-refractivity contribution in [3.8, 4) is 17.5 Å². The molecule has 0 amide bonds. The Bertz CT molecular complexity index is 1640. The van der Waals surface area contributed by atoms with Gasteiger partial charge in [0, 0.05) is 23.5 Å². The summed E-state index contributed by atoms with van der Waals surface area (Å²) < 4.78 is 54.5. The van der Waals surface area contributed by atoms with Crippen molar-refractivity contribution in [1.82, 2.24) is 14.5 Å². The van der Waals surface area contributed by atoms with E-state index in [4.69, 9.17) is 14.5 Å². The minimum absolute atomic E-state index is 0.206. The van der Waals surface area contributed by atoms with Crippen molar-refractivity contribution in [3.63, 3.8) is 0 Å². The lowest BCUT2D eigenvalue weighted by Crippen LogP contribution is -2.38. The fraction of sp³-hybridized carbons (Fsp3) is 0.310. The molecule has 0 saturated carbocycles. The van der Waals surface area contributed by atoms with Crippen LogP contribution in [0.5, 0.6) is 17.5 Å². The first-order valence-corrected chi connectivity index (χ1v) is 13.3. The second-order valence-corrected chi connectivity index (χ2v) is 10.5. The molecule has 2 aromatic heterocycles. The van der Waals surface area contributed by atoms with Crippen molar-refractivity contribution in [2.45, 2.75) is 38.3 Å². The van der Waals surface area contributed by atoms with E-state index >= 15 is 0 Å². The van der Waals surface area contributed by atoms with Gasteiger partial charge in [-0.3, -0.25) is 4.57 Å². The maximum atomic E-state index is 12.4. The molecule has 2 aliphatic rings. The molecule has 218 valence electrons. The lowest BCUT2D eigenvalue weighted by Gasteiger charge is -2.29. The third-order valence-corrected chi connectivity index (χ3v) is 7.16. The molecular formula is C29H26F3N5O5. The third kappa shape index (κ3) is 6.09. The number of nitrogens with zero attached hydrogens (tertiary/aromatic N) is 5. The van der Waals surface area contributed by atoms with Crippen LogP contribution in [0.4, 0.5) is 24.8 Å². The van der Waals surface area contributed by atoms with Gasteiger partial charge in [0.25, 0.3) is 0 Å². The van der Waals surface area contributed by atoms with Gasteiger partial charge in [-0.05, 0) is 72.7 Å². The number of nitro groups is 1. The van der Waals surface area contributed by atoms with Crippen LogP contribution < -0.4 is 19.1 Å². The number of fused-ring (bicyclic) bond motifs is 2. The normalized spacial score (nSPS) is 18.5. The van der Waals surface area contributed by atoms with Gasteiger partial charge in [-0.2, -0.15) is 0 Å². The maximum absolute atomic E-state index is 12.4. The van der Waals surface area contributed by atoms with Gasteiger partial charge in [0.2, 0.25) is 0 Å². The Morgan fingerprint density at radius 1 is 1.07 bits per heavy atom. The molecule has 1 atom stereocenters. The van der Waals surface area contributed by atoms with Crippen LogP contribution in [0.15, 0.2) is 66.4 Å². The molecule has 0 spiro atoms. The first-order chi connectivity index (χ1) is 20.0. The number of piperidine rings is 1. The number of imidazole rings is 1. The molecular weight excluding hydrogens is 555 g/mol. The second-order valence-electron chi connectivity index (χ2n) is 10.5. The number of anilines is 1. The summed E-state index contributed by atoms with van der Waals surface area (Å²) >= 11 is 0. The second kappa shape index (κ2) is 10.5. The summed E-state index contributed by atoms with van der Waals surface area (Å²) in [5.74, 6) is 1.05. The summed E-state index contributed by atoms with van der Waals surface area (Å²) in [6.45, 7) is 4.04. The molecule has 42 heavy (non-hydrogen) atoms. The number of hydrogen-bond acceptors (Lipinski definition) is 8. The average molecular weight is 582 g/mol. The molecule has 0 bridgehead atoms. The smallest absolute Gasteiger partial charge is 0.489 e. The van der Waals surface area contributed by atoms with E-state index in [-0.39, 0.29) is 24.2 Å². The highest BCUT2D eigenvalue weighted by atomic mass is 19.4. The average Bonchev–Trinajstić information content (AvgIpc) is 3.48. The minimum Gasteiger partial charge on any atom is -0.489 e. The van der Waals surface area contributed by atoms with Gasteiger partial charge >= 0.3 is 18.2 Å². The molecule has 0 N–H and O–H groups in total. The standard InChI is InChI=1S/C29H26F3N5O5/c1-28(17-36-16-26(37(38)39)34-27(36)42-28)18-40-23-7-8-24-21(15-23)4-9-25(33-24)35-12-10-20(11-13-35)14-19-2-5-22(6-3-19)41-29(30,31)32/h2-9,14-16H,10-13,17-18H2,1H3/t28-/m1/s1. The predicted octanol–water partition coefficient (Wildman–Crippen LogP) is 6.15. The predicted molar refractivity (Wildman–Crippen MR) is 148 cm³/mol. The van der Waals surface area contributed by atoms with Crippen molar-refractivity contribution in [2.24, 2.45) is 0 Å². The maximum Gasteiger partial charge on any atom is 0.573 e. The zero-order valence-electron chi connectivity index (χ0n) is 22.5. The van der Waals surface area contributed by atoms with Crippen LogP contribution in [0.2, 0.25) is 0 Å². The zero-order chi connectivity index (χ0) is 29.5. The monoisotopic (exact) mass is 581 g/mol. The Balaban J connectivity index is 1.04. The Labute approximate surface area is 238 Å². The van der Waals surface area contributed by atoms with Crippen LogP contribution in [-0.4, -0.2) is 51.1 Å². The fourth-order valence-corrected chi connectivity index (χ4v) is 5.12. The first kappa shape index (κ1) is 27.4. The molecule has 0 radical (unpaired) electrons. The number of aromatic nitrogens is 3. The molecule has 2 aliphatic heterocycles. The molecule has 0 unspecified atom stereocenters. The van der Waals surface area contributed by atoms with Crippen LogP contribution in [-0.2, 0) is 6.54 Å². The Kier molecular flexibility index (Phi) is 6.87. The van der Waals surface area contributed by atoms with Crippen molar-refractivity contribution >= 4 is 28.6 Å². The van der Waals surface area contributed by atoms with Crippen molar-refractivity contribution in [2.75, 3.05) is 24.6 Å². The van der Waals surface area contributed by atoms with E-state index in [2.05, 4.69) is 14.6 Å². The molecule has 4 heterocycles. The summed E-state index contributed by atoms with van der Waals surface area (Å²) in [7, 11) is 0. The van der Waals surface area contributed by atoms with Gasteiger partial charge in [0.05, 0.1) is 12.1 Å². The number of pyridine rings is 1. The minimum atomic E-state index is -4.70. The SMILES string of the molecule is C[C@]1(COc2ccc3nc(N4CCC(=Cc5ccc(OC(F)(F)F)cc5)CC4)ccc3c2)Cn2cc([N+](=O)[O-])nc2O1. The number of rotatable bonds is 7. The summed E-state index contributed by atoms with van der Waals surface area (Å²) in [6, 6.07) is 15.7. The highest BCUT2D eigenvalue weighted by Gasteiger charge is 2.41. The van der Waals surface area contributed by atoms with Gasteiger partial charge in [0.1, 0.15) is 30.1 Å². The molecule has 1 saturated heterocycles. The van der Waals surface area contributed by atoms with Crippen LogP contribution >= 0.6 is 0 Å². The highest BCUT2D eigenvalue weighted by Crippen LogP contribution is 2.32. The van der Waals surface area contributed by atoms with E-state index in [1.807, 2.05) is 43.3 Å². The van der Waals surface area contributed by atoms with E-state index in [1.54, 1.807) is 16.7 Å². The van der Waals surface area contributed by atoms with E-state index in [9.17, 15) is 23.3 Å². The number of hydrogen-bond donors (Lipinski definition) is 0. The zero-order valence-corrected chi connectivity index (χ0v) is 22.5. The van der Waals surface area contributed by atoms with Gasteiger partial charge in [0.15, 0.2) is 5.60 Å². The summed E-state index contributed by atoms with van der Waals surface area (Å²) in [6.07, 6.45) is 0.310. The van der Waals surface area contributed by atoms with E-state index in [0.29, 0.717) is 12.3 Å². The van der Waals surface area contributed by atoms with Crippen molar-refractivity contribution in [3.05, 3.63) is 82.0 Å². The van der Waals surface area contributed by atoms with Crippen LogP contribution in [0.3, 0.4) is 0 Å². The molecule has 0 aliphatic carbocycles. The number of halogens is 3. The number of ether oxygens (including phenoxy) is 3. The molecule has 10 nitrogen and oxygen atoms in total. The molecule has 13 heteroatoms. The fourth-order valence-electron chi connectivity index (χ4n) is 5.12. The molecule has 1 fully saturated rings. The number of alkyl halides is 3. The topological polar surface area (TPSA) is 105 Å². The van der Waals surface area contributed by atoms with Gasteiger partial charge in [-0.25, -0.2) is 4.98 Å². The van der Waals surface area contributed by atoms with E-state index in [0.717, 1.165) is 48.2 Å². The summed E-state index contributed by atoms with van der Waals surface area (Å²) in [5.41, 5.74) is 2.18. The van der Waals surface area contributed by atoms with Gasteiger partial charge in [-0.1, -0.05) is 23.8 Å². The lowest BCUT2D eigenvalue weighted by molar-refractivity contribution is -0.389. The van der Waals surface area contributed by atoms with Crippen LogP contribution in [0.25, 0.3) is 17.0 Å². The molecule has 4 aromatic rings. The van der Waals surface area contributed by atoms with E-state index < -0.39 is 16.9 Å². The number of benzene rings is 2. The van der Waals surface area contributed by atoms with Gasteiger partial charge < -0.3 is 29.2 Å². The van der Waals surface area contributed by atoms with E-state index in [1.165, 1.54) is 23.9 Å². The van der Waals surface area contributed by atoms with Gasteiger partial charge in [-0.15, -0.1) is 13.2 Å². The molecule has 2 aromatic carbocycles. The van der Waals surface area contributed by atoms with Crippen LogP contribution in [0, 0.1) is 10.1 Å². The summed E-state index contributed by atoms with van der Waals surface area (Å²) in [4.78, 5) is 21.3.